The molecule has 2 aromatic rings. The first kappa shape index (κ1) is 9.43. The highest BCUT2D eigenvalue weighted by Crippen LogP contribution is 2.20. The molecule has 14 heavy (non-hydrogen) atoms. The maximum absolute atomic E-state index is 5.80. The number of hydrogen-bond donors (Lipinski definition) is 0. The molecule has 0 aliphatic rings. The number of hydrogen-bond acceptors (Lipinski definition) is 4. The Kier molecular flexibility index (Phi) is 2.39. The minimum Gasteiger partial charge on any atom is -0.483 e. The van der Waals surface area contributed by atoms with Crippen LogP contribution in [0.1, 0.15) is 5.89 Å². The summed E-state index contributed by atoms with van der Waals surface area (Å²) in [5.74, 6) is 0.305. The van der Waals surface area contributed by atoms with Crippen molar-refractivity contribution in [3.05, 3.63) is 29.1 Å². The lowest BCUT2D eigenvalue weighted by Crippen LogP contribution is -1.98. The lowest BCUT2D eigenvalue weighted by Gasteiger charge is -1.92. The smallest absolute Gasteiger partial charge is 0.275 e. The molecule has 2 rings (SSSR count). The van der Waals surface area contributed by atoms with Gasteiger partial charge in [-0.2, -0.15) is 0 Å². The summed E-state index contributed by atoms with van der Waals surface area (Å²) < 4.78 is 10.2. The first-order chi connectivity index (χ1) is 6.70. The third-order valence-electron chi connectivity index (χ3n) is 1.71. The molecule has 0 bridgehead atoms. The quantitative estimate of drug-likeness (QED) is 0.702. The fourth-order valence-electron chi connectivity index (χ4n) is 1.08. The molecule has 5 heteroatoms. The van der Waals surface area contributed by atoms with E-state index in [2.05, 4.69) is 4.98 Å². The Labute approximate surface area is 90.6 Å². The third-order valence-corrected chi connectivity index (χ3v) is 2.29. The Morgan fingerprint density at radius 3 is 3.07 bits per heavy atom. The van der Waals surface area contributed by atoms with E-state index in [1.54, 1.807) is 18.2 Å². The van der Waals surface area contributed by atoms with Crippen molar-refractivity contribution >= 4 is 40.0 Å². The number of thiocarbonyl (C=S) groups is 1. The average Bonchev–Trinajstić information content (AvgIpc) is 2.59. The van der Waals surface area contributed by atoms with Crippen molar-refractivity contribution in [1.29, 1.82) is 0 Å². The normalized spacial score (nSPS) is 10.4. The number of rotatable bonds is 1. The van der Waals surface area contributed by atoms with E-state index >= 15 is 0 Å². The second-order valence-corrected chi connectivity index (χ2v) is 3.43. The van der Waals surface area contributed by atoms with Gasteiger partial charge in [0.15, 0.2) is 5.58 Å². The van der Waals surface area contributed by atoms with Gasteiger partial charge in [-0.15, -0.1) is 0 Å². The van der Waals surface area contributed by atoms with Gasteiger partial charge < -0.3 is 9.15 Å². The van der Waals surface area contributed by atoms with E-state index in [1.165, 1.54) is 7.11 Å². The van der Waals surface area contributed by atoms with Crippen LogP contribution in [0.4, 0.5) is 0 Å². The first-order valence-electron chi connectivity index (χ1n) is 3.85. The van der Waals surface area contributed by atoms with Gasteiger partial charge in [-0.1, -0.05) is 11.6 Å². The van der Waals surface area contributed by atoms with E-state index in [9.17, 15) is 0 Å². The van der Waals surface area contributed by atoms with Gasteiger partial charge in [-0.3, -0.25) is 0 Å². The van der Waals surface area contributed by atoms with E-state index in [0.29, 0.717) is 22.0 Å². The molecule has 72 valence electrons. The van der Waals surface area contributed by atoms with E-state index in [4.69, 9.17) is 33.0 Å². The summed E-state index contributed by atoms with van der Waals surface area (Å²) in [7, 11) is 1.48. The number of fused-ring (bicyclic) bond motifs is 1. The number of methoxy groups -OCH3 is 1. The van der Waals surface area contributed by atoms with Gasteiger partial charge in [0.25, 0.3) is 5.89 Å². The molecule has 0 amide bonds. The summed E-state index contributed by atoms with van der Waals surface area (Å²) in [6.45, 7) is 0. The van der Waals surface area contributed by atoms with Crippen LogP contribution in [0.15, 0.2) is 22.6 Å². The number of ether oxygens (including phenoxy) is 1. The molecule has 1 aromatic heterocycles. The Bertz CT molecular complexity index is 495. The van der Waals surface area contributed by atoms with Crippen molar-refractivity contribution in [1.82, 2.24) is 4.98 Å². The van der Waals surface area contributed by atoms with Crippen LogP contribution in [0.3, 0.4) is 0 Å². The Balaban J connectivity index is 2.56. The van der Waals surface area contributed by atoms with Gasteiger partial charge in [0.1, 0.15) is 5.52 Å². The van der Waals surface area contributed by atoms with Crippen LogP contribution in [0.25, 0.3) is 11.1 Å². The predicted octanol–water partition coefficient (Wildman–Crippen LogP) is 2.80. The first-order valence-corrected chi connectivity index (χ1v) is 4.64. The van der Waals surface area contributed by atoms with Crippen molar-refractivity contribution in [2.75, 3.05) is 7.11 Å². The highest BCUT2D eigenvalue weighted by atomic mass is 35.5. The van der Waals surface area contributed by atoms with Crippen LogP contribution in [-0.2, 0) is 4.74 Å². The molecule has 0 spiro atoms. The summed E-state index contributed by atoms with van der Waals surface area (Å²) in [5, 5.41) is 0.845. The molecule has 0 atom stereocenters. The zero-order valence-electron chi connectivity index (χ0n) is 7.28. The van der Waals surface area contributed by atoms with Crippen LogP contribution in [-0.4, -0.2) is 17.1 Å². The fraction of sp³-hybridized carbons (Fsp3) is 0.111. The Hall–Kier alpha value is -1.13. The lowest BCUT2D eigenvalue weighted by molar-refractivity contribution is 0.399. The fourth-order valence-corrected chi connectivity index (χ4v) is 1.33. The van der Waals surface area contributed by atoms with Crippen LogP contribution in [0, 0.1) is 0 Å². The van der Waals surface area contributed by atoms with Gasteiger partial charge >= 0.3 is 0 Å². The number of oxazole rings is 1. The largest absolute Gasteiger partial charge is 0.483 e. The summed E-state index contributed by atoms with van der Waals surface area (Å²) in [6.07, 6.45) is 0. The molecule has 0 unspecified atom stereocenters. The second kappa shape index (κ2) is 3.55. The standard InChI is InChI=1S/C9H6ClNO2S/c1-12-9(14)8-11-6-4-5(10)2-3-7(6)13-8/h2-4H,1H3. The SMILES string of the molecule is COC(=S)c1nc2cc(Cl)ccc2o1. The molecule has 0 saturated carbocycles. The topological polar surface area (TPSA) is 35.3 Å². The van der Waals surface area contributed by atoms with Crippen LogP contribution in [0.5, 0.6) is 0 Å². The Morgan fingerprint density at radius 1 is 1.57 bits per heavy atom. The molecule has 1 aromatic carbocycles. The van der Waals surface area contributed by atoms with Crippen molar-refractivity contribution in [2.45, 2.75) is 0 Å². The molecule has 0 saturated heterocycles. The molecule has 0 aliphatic heterocycles. The van der Waals surface area contributed by atoms with Gasteiger partial charge in [-0.25, -0.2) is 4.98 Å². The summed E-state index contributed by atoms with van der Waals surface area (Å²) in [4.78, 5) is 4.13. The zero-order valence-corrected chi connectivity index (χ0v) is 8.85. The number of halogens is 1. The van der Waals surface area contributed by atoms with Crippen molar-refractivity contribution in [2.24, 2.45) is 0 Å². The second-order valence-electron chi connectivity index (χ2n) is 2.62. The van der Waals surface area contributed by atoms with Gasteiger partial charge in [0.2, 0.25) is 5.05 Å². The molecule has 3 nitrogen and oxygen atoms in total. The zero-order chi connectivity index (χ0) is 10.1. The van der Waals surface area contributed by atoms with Crippen molar-refractivity contribution in [3.8, 4) is 0 Å². The van der Waals surface area contributed by atoms with E-state index in [1.807, 2.05) is 0 Å². The minimum atomic E-state index is 0.234. The molecular formula is C9H6ClNO2S. The summed E-state index contributed by atoms with van der Waals surface area (Å²) >= 11 is 10.7. The average molecular weight is 228 g/mol. The van der Waals surface area contributed by atoms with Crippen LogP contribution >= 0.6 is 23.8 Å². The predicted molar refractivity (Wildman–Crippen MR) is 57.7 cm³/mol. The number of aromatic nitrogens is 1. The van der Waals surface area contributed by atoms with Crippen molar-refractivity contribution < 1.29 is 9.15 Å². The van der Waals surface area contributed by atoms with E-state index in [-0.39, 0.29) is 5.05 Å². The molecule has 1 heterocycles. The molecular weight excluding hydrogens is 222 g/mol. The minimum absolute atomic E-state index is 0.234. The van der Waals surface area contributed by atoms with Gasteiger partial charge in [-0.05, 0) is 30.4 Å². The van der Waals surface area contributed by atoms with E-state index in [0.717, 1.165) is 0 Å². The highest BCUT2D eigenvalue weighted by molar-refractivity contribution is 7.80. The van der Waals surface area contributed by atoms with Crippen molar-refractivity contribution in [3.63, 3.8) is 0 Å². The summed E-state index contributed by atoms with van der Waals surface area (Å²) in [5.41, 5.74) is 1.32. The van der Waals surface area contributed by atoms with Crippen LogP contribution < -0.4 is 0 Å². The van der Waals surface area contributed by atoms with Gasteiger partial charge in [0, 0.05) is 5.02 Å². The van der Waals surface area contributed by atoms with E-state index < -0.39 is 0 Å². The number of nitrogens with zero attached hydrogens (tertiary/aromatic N) is 1. The van der Waals surface area contributed by atoms with Crippen LogP contribution in [0.2, 0.25) is 5.02 Å². The molecule has 0 radical (unpaired) electrons. The third kappa shape index (κ3) is 1.58. The maximum Gasteiger partial charge on any atom is 0.275 e. The number of benzene rings is 1. The molecule has 0 fully saturated rings. The summed E-state index contributed by atoms with van der Waals surface area (Å²) in [6, 6.07) is 5.18. The maximum atomic E-state index is 5.80. The van der Waals surface area contributed by atoms with Gasteiger partial charge in [0.05, 0.1) is 7.11 Å². The lowest BCUT2D eigenvalue weighted by atomic mass is 10.3. The molecule has 0 N–H and O–H groups in total. The molecule has 0 aliphatic carbocycles. The Morgan fingerprint density at radius 2 is 2.36 bits per heavy atom. The monoisotopic (exact) mass is 227 g/mol. The highest BCUT2D eigenvalue weighted by Gasteiger charge is 2.10.